The van der Waals surface area contributed by atoms with E-state index in [0.29, 0.717) is 47.6 Å². The van der Waals surface area contributed by atoms with E-state index in [0.717, 1.165) is 23.4 Å². The smallest absolute Gasteiger partial charge is 0.341 e. The first-order valence-corrected chi connectivity index (χ1v) is 28.5. The summed E-state index contributed by atoms with van der Waals surface area (Å²) in [4.78, 5) is 105. The second-order valence-electron chi connectivity index (χ2n) is 23.5. The van der Waals surface area contributed by atoms with Crippen LogP contribution in [-0.2, 0) is 23.9 Å². The molecule has 3 fully saturated rings. The number of phenols is 1. The summed E-state index contributed by atoms with van der Waals surface area (Å²) in [5, 5.41) is 60.6. The van der Waals surface area contributed by atoms with Gasteiger partial charge in [0.1, 0.15) is 41.2 Å². The third-order valence-corrected chi connectivity index (χ3v) is 17.2. The number of aromatic hydroxyl groups is 1. The lowest BCUT2D eigenvalue weighted by molar-refractivity contribution is -0.161. The van der Waals surface area contributed by atoms with Crippen LogP contribution in [0, 0.1) is 43.3 Å². The van der Waals surface area contributed by atoms with Crippen LogP contribution in [0.2, 0.25) is 0 Å². The van der Waals surface area contributed by atoms with Crippen molar-refractivity contribution in [2.75, 3.05) is 51.4 Å². The van der Waals surface area contributed by atoms with Gasteiger partial charge in [0.25, 0.3) is 11.5 Å². The molecule has 3 aliphatic heterocycles. The van der Waals surface area contributed by atoms with E-state index >= 15 is 9.18 Å². The summed E-state index contributed by atoms with van der Waals surface area (Å²) in [5.41, 5.74) is 5.10. The van der Waals surface area contributed by atoms with Crippen LogP contribution in [0.3, 0.4) is 0 Å². The molecule has 1 unspecified atom stereocenters. The number of aromatic nitrogens is 1. The van der Waals surface area contributed by atoms with Gasteiger partial charge in [0.05, 0.1) is 64.2 Å². The Hall–Kier alpha value is -7.31. The highest BCUT2D eigenvalue weighted by atomic mass is 19.1. The van der Waals surface area contributed by atoms with Gasteiger partial charge in [0.15, 0.2) is 11.4 Å². The number of aliphatic hydroxyl groups is 3. The number of benzene rings is 1. The van der Waals surface area contributed by atoms with Crippen molar-refractivity contribution in [3.05, 3.63) is 103 Å². The van der Waals surface area contributed by atoms with Gasteiger partial charge in [-0.1, -0.05) is 44.2 Å². The number of hydrogen-bond donors (Lipinski definition) is 7. The molecule has 0 bridgehead atoms. The molecule has 9 atom stereocenters. The van der Waals surface area contributed by atoms with Gasteiger partial charge in [-0.15, -0.1) is 0 Å². The number of piperidine rings is 1. The van der Waals surface area contributed by atoms with Crippen molar-refractivity contribution < 1.29 is 77.7 Å². The molecule has 5 aliphatic rings. The molecule has 1 amide bonds. The number of aliphatic hydroxyl groups excluding tert-OH is 3. The Labute approximate surface area is 485 Å². The maximum Gasteiger partial charge on any atom is 0.341 e. The normalized spacial score (nSPS) is 20.9. The van der Waals surface area contributed by atoms with Crippen molar-refractivity contribution >= 4 is 52.1 Å². The number of nitrogens with two attached hydrogens (primary N) is 1. The third-order valence-electron chi connectivity index (χ3n) is 17.2. The molecule has 84 heavy (non-hydrogen) atoms. The van der Waals surface area contributed by atoms with Crippen LogP contribution >= 0.6 is 0 Å². The number of oxime groups is 1. The predicted octanol–water partition coefficient (Wildman–Crippen LogP) is 5.18. The molecule has 1 aromatic carbocycles. The van der Waals surface area contributed by atoms with Crippen LogP contribution in [-0.4, -0.2) is 158 Å². The Morgan fingerprint density at radius 3 is 2.25 bits per heavy atom. The number of nitrogens with one attached hydrogen (secondary N) is 1. The Kier molecular flexibility index (Phi) is 18.7. The summed E-state index contributed by atoms with van der Waals surface area (Å²) in [7, 11) is 1.46. The number of halogens is 1. The molecule has 1 saturated carbocycles. The Balaban J connectivity index is 0.972. The van der Waals surface area contributed by atoms with Gasteiger partial charge in [-0.05, 0) is 83.4 Å². The van der Waals surface area contributed by atoms with E-state index in [1.165, 1.54) is 59.9 Å². The minimum absolute atomic E-state index is 0.0249. The lowest BCUT2D eigenvalue weighted by atomic mass is 9.80. The molecule has 0 spiro atoms. The average molecular weight is 1170 g/mol. The molecular weight excluding hydrogens is 1090 g/mol. The highest BCUT2D eigenvalue weighted by Gasteiger charge is 2.50. The summed E-state index contributed by atoms with van der Waals surface area (Å²) in [6.07, 6.45) is 4.49. The molecule has 454 valence electrons. The minimum atomic E-state index is -1.43. The number of ether oxygens (including phenoxy) is 3. The van der Waals surface area contributed by atoms with Gasteiger partial charge >= 0.3 is 11.9 Å². The van der Waals surface area contributed by atoms with E-state index in [9.17, 15) is 54.3 Å². The number of amides is 1. The van der Waals surface area contributed by atoms with Crippen LogP contribution in [0.4, 0.5) is 10.1 Å². The van der Waals surface area contributed by atoms with Gasteiger partial charge < -0.3 is 65.4 Å². The van der Waals surface area contributed by atoms with E-state index < -0.39 is 123 Å². The summed E-state index contributed by atoms with van der Waals surface area (Å²) in [5.74, 6) is -8.24. The van der Waals surface area contributed by atoms with Gasteiger partial charge in [0.2, 0.25) is 17.3 Å². The van der Waals surface area contributed by atoms with Crippen molar-refractivity contribution in [1.29, 1.82) is 0 Å². The van der Waals surface area contributed by atoms with Gasteiger partial charge in [-0.3, -0.25) is 33.2 Å². The third kappa shape index (κ3) is 12.2. The number of methoxy groups -OCH3 is 1. The minimum Gasteiger partial charge on any atom is -0.507 e. The quantitative estimate of drug-likeness (QED) is 0.0295. The number of phenolic OH excluding ortho intramolecular Hbond substituents is 1. The number of pyridine rings is 2. The Morgan fingerprint density at radius 1 is 0.952 bits per heavy atom. The fraction of sp³-hybridized carbons (Fsp3) is 0.541. The summed E-state index contributed by atoms with van der Waals surface area (Å²) in [6.45, 7) is 15.1. The molecule has 5 heterocycles. The highest BCUT2D eigenvalue weighted by Crippen LogP contribution is 2.49. The van der Waals surface area contributed by atoms with E-state index in [1.54, 1.807) is 38.7 Å². The van der Waals surface area contributed by atoms with Crippen LogP contribution in [0.5, 0.6) is 11.5 Å². The maximum absolute atomic E-state index is 16.0. The van der Waals surface area contributed by atoms with E-state index in [-0.39, 0.29) is 91.1 Å². The second kappa shape index (κ2) is 25.1. The van der Waals surface area contributed by atoms with E-state index in [2.05, 4.69) is 10.5 Å². The zero-order valence-electron chi connectivity index (χ0n) is 49.1. The van der Waals surface area contributed by atoms with Crippen molar-refractivity contribution in [3.63, 3.8) is 0 Å². The number of carbonyl (C=O) groups is 6. The van der Waals surface area contributed by atoms with Crippen LogP contribution in [0.1, 0.15) is 151 Å². The molecule has 2 saturated heterocycles. The van der Waals surface area contributed by atoms with Crippen LogP contribution < -0.4 is 26.2 Å². The number of likely N-dealkylation sites (tertiary alicyclic amines) is 1. The topological polar surface area (TPSA) is 319 Å². The van der Waals surface area contributed by atoms with Crippen LogP contribution in [0.25, 0.3) is 5.52 Å². The molecule has 23 heteroatoms. The molecule has 8 N–H and O–H groups in total. The second-order valence-corrected chi connectivity index (χ2v) is 23.5. The fourth-order valence-electron chi connectivity index (χ4n) is 12.2. The highest BCUT2D eigenvalue weighted by molar-refractivity contribution is 6.32. The number of esters is 1. The predicted molar refractivity (Wildman–Crippen MR) is 306 cm³/mol. The van der Waals surface area contributed by atoms with Crippen molar-refractivity contribution in [1.82, 2.24) is 14.6 Å². The number of carboxylic acid groups (broad SMARTS) is 1. The number of nitrogens with zero attached hydrogens (tertiary/aromatic N) is 4. The summed E-state index contributed by atoms with van der Waals surface area (Å²) >= 11 is 0. The fourth-order valence-corrected chi connectivity index (χ4v) is 12.2. The number of hydrogen-bond acceptors (Lipinski definition) is 19. The first-order valence-electron chi connectivity index (χ1n) is 28.5. The first kappa shape index (κ1) is 62.7. The van der Waals surface area contributed by atoms with Gasteiger partial charge in [-0.25, -0.2) is 9.18 Å². The largest absolute Gasteiger partial charge is 0.507 e. The van der Waals surface area contributed by atoms with Crippen molar-refractivity contribution in [2.24, 2.45) is 34.6 Å². The SMILES string of the molecule is CO[C@@H](CCO)[C@@H](C)[C@@H](OC(C)=O)[C@H](C)[C@H](O)[C@H](N)[C@@H](O)[C@@H](C)/C=C/C=C(/C)C(=O)NC1=C(N2CCC(=NOCC3CCN(c4c(F)cn5c(=O)c(C(=O)O)cc(C6CC6)c5c4C)C3)CC2)C(=O)c2c(c(O)c(C)c3c2C(=O)C(C)(C)O3)C1=O. The molecule has 2 aromatic heterocycles. The number of fused-ring (bicyclic) bond motifs is 4. The number of carbonyl (C=O) groups excluding carboxylic acids is 5. The first-order chi connectivity index (χ1) is 39.6. The number of anilines is 1. The number of aryl methyl sites for hydroxylation is 1. The average Bonchev–Trinajstić information content (AvgIpc) is 2.09. The number of rotatable bonds is 22. The molecule has 22 nitrogen and oxygen atoms in total. The Morgan fingerprint density at radius 2 is 1.63 bits per heavy atom. The number of Topliss-reactive ketones (excluding diaryl/α,β-unsaturated/α-hetero) is 3. The maximum atomic E-state index is 16.0. The Bertz CT molecular complexity index is 3350. The van der Waals surface area contributed by atoms with E-state index in [1.807, 2.05) is 4.90 Å². The summed E-state index contributed by atoms with van der Waals surface area (Å²) < 4.78 is 34.2. The lowest BCUT2D eigenvalue weighted by Crippen LogP contribution is -2.54. The number of allylic oxidation sites excluding steroid dienone is 4. The number of carboxylic acids is 1. The van der Waals surface area contributed by atoms with Crippen molar-refractivity contribution in [3.8, 4) is 11.5 Å². The molecule has 0 radical (unpaired) electrons. The van der Waals surface area contributed by atoms with E-state index in [4.69, 9.17) is 24.8 Å². The molecular formula is C61H77FN6O16. The van der Waals surface area contributed by atoms with Gasteiger partial charge in [-0.2, -0.15) is 0 Å². The lowest BCUT2D eigenvalue weighted by Gasteiger charge is -2.38. The molecule has 8 rings (SSSR count). The number of ketones is 3. The number of aromatic carboxylic acids is 1. The van der Waals surface area contributed by atoms with Crippen molar-refractivity contribution in [2.45, 2.75) is 143 Å². The zero-order chi connectivity index (χ0) is 61.5. The van der Waals surface area contributed by atoms with Crippen LogP contribution in [0.15, 0.2) is 57.4 Å². The monoisotopic (exact) mass is 1170 g/mol. The standard InChI is InChI=1S/C61H77FN6O16/c1-28(50(71)45(63)52(73)33(6)55(83-34(7)70)30(3)41(81-10)19-23-69)12-11-13-29(2)58(77)64-46-49(54(75)42-43(53(46)74)51(72)32(5)56-44(42)57(76)61(8,9)84-56)66-21-17-37(18-22-66)65-82-27-35-16-20-67(25-35)48-31(4)47-38(36-14-15-36)24-39(60(79)80)59(78)68(47)26-40(48)62/h11-13,24,26,28,30,33,35-36,41,45,50,52,55,69,71-73H,14-23,25,27,63H2,1-10H3,(H,64,77)(H,79,80)/b12-11+,29-13-/t28-,30+,33+,35?,41-,45+,50-,52-,55+/m0/s1. The van der Waals surface area contributed by atoms with Gasteiger partial charge in [0, 0.05) is 94.5 Å². The molecule has 2 aliphatic carbocycles. The zero-order valence-corrected chi connectivity index (χ0v) is 49.1. The summed E-state index contributed by atoms with van der Waals surface area (Å²) in [6, 6.07) is 0.190. The molecule has 3 aromatic rings.